The minimum atomic E-state index is -4.27. The average Bonchev–Trinajstić information content (AvgIpc) is 2.88. The zero-order valence-electron chi connectivity index (χ0n) is 11.9. The Labute approximate surface area is 118 Å². The van der Waals surface area contributed by atoms with E-state index in [-0.39, 0.29) is 6.54 Å². The molecule has 1 aromatic carbocycles. The van der Waals surface area contributed by atoms with Crippen LogP contribution in [0.4, 0.5) is 13.2 Å². The summed E-state index contributed by atoms with van der Waals surface area (Å²) < 4.78 is 38.7. The Morgan fingerprint density at radius 3 is 2.40 bits per heavy atom. The molecule has 112 valence electrons. The van der Waals surface area contributed by atoms with E-state index in [1.807, 2.05) is 0 Å². The van der Waals surface area contributed by atoms with Crippen LogP contribution in [0.25, 0.3) is 0 Å². The highest BCUT2D eigenvalue weighted by Crippen LogP contribution is 2.40. The Balaban J connectivity index is 1.98. The molecule has 0 atom stereocenters. The molecule has 1 nitrogen and oxygen atoms in total. The van der Waals surface area contributed by atoms with Gasteiger partial charge in [-0.15, -0.1) is 0 Å². The third kappa shape index (κ3) is 3.54. The molecule has 0 spiro atoms. The minimum absolute atomic E-state index is 0.289. The van der Waals surface area contributed by atoms with E-state index in [2.05, 4.69) is 12.2 Å². The van der Waals surface area contributed by atoms with Gasteiger partial charge in [-0.05, 0) is 36.3 Å². The van der Waals surface area contributed by atoms with E-state index >= 15 is 0 Å². The number of halogens is 3. The molecule has 0 bridgehead atoms. The second kappa shape index (κ2) is 6.17. The average molecular weight is 285 g/mol. The van der Waals surface area contributed by atoms with Crippen LogP contribution in [0.1, 0.15) is 50.2 Å². The summed E-state index contributed by atoms with van der Waals surface area (Å²) in [7, 11) is 0. The molecule has 0 heterocycles. The summed E-state index contributed by atoms with van der Waals surface area (Å²) in [6.07, 6.45) is 1.70. The molecule has 0 aliphatic heterocycles. The molecule has 0 amide bonds. The first-order valence-electron chi connectivity index (χ1n) is 7.33. The second-order valence-electron chi connectivity index (χ2n) is 5.82. The van der Waals surface area contributed by atoms with Gasteiger partial charge in [0, 0.05) is 13.1 Å². The van der Waals surface area contributed by atoms with Crippen molar-refractivity contribution < 1.29 is 13.2 Å². The van der Waals surface area contributed by atoms with Crippen molar-refractivity contribution in [1.29, 1.82) is 0 Å². The topological polar surface area (TPSA) is 12.0 Å². The summed E-state index contributed by atoms with van der Waals surface area (Å²) in [5, 5.41) is 3.25. The first-order valence-corrected chi connectivity index (χ1v) is 7.33. The van der Waals surface area contributed by atoms with Gasteiger partial charge in [-0.25, -0.2) is 0 Å². The number of rotatable bonds is 5. The first kappa shape index (κ1) is 15.4. The minimum Gasteiger partial charge on any atom is -0.312 e. The van der Waals surface area contributed by atoms with E-state index in [1.165, 1.54) is 31.7 Å². The summed E-state index contributed by atoms with van der Waals surface area (Å²) in [5.41, 5.74) is 0.112. The standard InChI is InChI=1S/C16H22F3N/c1-2-15(9-5-6-10-15)12-20-11-13-7-3-4-8-14(13)16(17,18)19/h3-4,7-8,20H,2,5-6,9-12H2,1H3. The van der Waals surface area contributed by atoms with Crippen LogP contribution >= 0.6 is 0 Å². The van der Waals surface area contributed by atoms with E-state index in [0.717, 1.165) is 19.0 Å². The molecule has 2 rings (SSSR count). The fourth-order valence-corrected chi connectivity index (χ4v) is 3.19. The normalized spacial score (nSPS) is 18.4. The van der Waals surface area contributed by atoms with Gasteiger partial charge in [-0.2, -0.15) is 13.2 Å². The van der Waals surface area contributed by atoms with Crippen molar-refractivity contribution in [2.24, 2.45) is 5.41 Å². The molecular weight excluding hydrogens is 263 g/mol. The number of hydrogen-bond donors (Lipinski definition) is 1. The van der Waals surface area contributed by atoms with E-state index in [4.69, 9.17) is 0 Å². The smallest absolute Gasteiger partial charge is 0.312 e. The van der Waals surface area contributed by atoms with Gasteiger partial charge in [-0.3, -0.25) is 0 Å². The van der Waals surface area contributed by atoms with Crippen molar-refractivity contribution in [2.45, 2.75) is 51.7 Å². The predicted molar refractivity (Wildman–Crippen MR) is 74.3 cm³/mol. The Kier molecular flexibility index (Phi) is 4.74. The van der Waals surface area contributed by atoms with Crippen LogP contribution in [0, 0.1) is 5.41 Å². The molecule has 4 heteroatoms. The van der Waals surface area contributed by atoms with Crippen LogP contribution in [0.15, 0.2) is 24.3 Å². The number of benzene rings is 1. The second-order valence-corrected chi connectivity index (χ2v) is 5.82. The van der Waals surface area contributed by atoms with Crippen LogP contribution in [0.3, 0.4) is 0 Å². The van der Waals surface area contributed by atoms with Crippen molar-refractivity contribution >= 4 is 0 Å². The number of alkyl halides is 3. The SMILES string of the molecule is CCC1(CNCc2ccccc2C(F)(F)F)CCCC1. The lowest BCUT2D eigenvalue weighted by Gasteiger charge is -2.28. The van der Waals surface area contributed by atoms with Crippen LogP contribution in [0.5, 0.6) is 0 Å². The fraction of sp³-hybridized carbons (Fsp3) is 0.625. The first-order chi connectivity index (χ1) is 9.47. The lowest BCUT2D eigenvalue weighted by Crippen LogP contribution is -2.31. The molecule has 1 aliphatic carbocycles. The van der Waals surface area contributed by atoms with Gasteiger partial charge < -0.3 is 5.32 Å². The van der Waals surface area contributed by atoms with E-state index < -0.39 is 11.7 Å². The summed E-state index contributed by atoms with van der Waals surface area (Å²) in [6, 6.07) is 5.82. The highest BCUT2D eigenvalue weighted by Gasteiger charge is 2.34. The molecule has 1 saturated carbocycles. The third-order valence-corrected chi connectivity index (χ3v) is 4.55. The van der Waals surface area contributed by atoms with Crippen molar-refractivity contribution in [1.82, 2.24) is 5.32 Å². The molecule has 1 N–H and O–H groups in total. The van der Waals surface area contributed by atoms with Gasteiger partial charge in [0.2, 0.25) is 0 Å². The Morgan fingerprint density at radius 2 is 1.80 bits per heavy atom. The lowest BCUT2D eigenvalue weighted by atomic mass is 9.83. The molecule has 1 aromatic rings. The summed E-state index contributed by atoms with van der Waals surface area (Å²) in [5.74, 6) is 0. The van der Waals surface area contributed by atoms with Crippen LogP contribution in [-0.4, -0.2) is 6.54 Å². The third-order valence-electron chi connectivity index (χ3n) is 4.55. The number of nitrogens with one attached hydrogen (secondary N) is 1. The maximum atomic E-state index is 12.9. The highest BCUT2D eigenvalue weighted by atomic mass is 19.4. The summed E-state index contributed by atoms with van der Waals surface area (Å²) in [6.45, 7) is 3.28. The van der Waals surface area contributed by atoms with E-state index in [0.29, 0.717) is 11.0 Å². The van der Waals surface area contributed by atoms with E-state index in [1.54, 1.807) is 12.1 Å². The predicted octanol–water partition coefficient (Wildman–Crippen LogP) is 4.77. The maximum Gasteiger partial charge on any atom is 0.416 e. The summed E-state index contributed by atoms with van der Waals surface area (Å²) in [4.78, 5) is 0. The van der Waals surface area contributed by atoms with Gasteiger partial charge in [0.15, 0.2) is 0 Å². The maximum absolute atomic E-state index is 12.9. The molecule has 0 aromatic heterocycles. The molecule has 1 aliphatic rings. The molecule has 20 heavy (non-hydrogen) atoms. The zero-order valence-corrected chi connectivity index (χ0v) is 11.9. The van der Waals surface area contributed by atoms with Crippen LogP contribution in [-0.2, 0) is 12.7 Å². The molecule has 0 radical (unpaired) electrons. The fourth-order valence-electron chi connectivity index (χ4n) is 3.19. The Bertz CT molecular complexity index is 434. The van der Waals surface area contributed by atoms with Crippen molar-refractivity contribution in [3.05, 3.63) is 35.4 Å². The highest BCUT2D eigenvalue weighted by molar-refractivity contribution is 5.29. The Morgan fingerprint density at radius 1 is 1.15 bits per heavy atom. The van der Waals surface area contributed by atoms with Gasteiger partial charge in [-0.1, -0.05) is 38.0 Å². The van der Waals surface area contributed by atoms with E-state index in [9.17, 15) is 13.2 Å². The molecule has 0 unspecified atom stereocenters. The number of hydrogen-bond acceptors (Lipinski definition) is 1. The van der Waals surface area contributed by atoms with Gasteiger partial charge >= 0.3 is 6.18 Å². The van der Waals surface area contributed by atoms with Crippen LogP contribution < -0.4 is 5.32 Å². The quantitative estimate of drug-likeness (QED) is 0.822. The van der Waals surface area contributed by atoms with Crippen molar-refractivity contribution in [3.8, 4) is 0 Å². The van der Waals surface area contributed by atoms with Gasteiger partial charge in [0.1, 0.15) is 0 Å². The Hall–Kier alpha value is -1.03. The van der Waals surface area contributed by atoms with Gasteiger partial charge in [0.25, 0.3) is 0 Å². The zero-order chi connectivity index (χ0) is 14.6. The molecule has 0 saturated heterocycles. The lowest BCUT2D eigenvalue weighted by molar-refractivity contribution is -0.138. The largest absolute Gasteiger partial charge is 0.416 e. The van der Waals surface area contributed by atoms with Crippen molar-refractivity contribution in [2.75, 3.05) is 6.54 Å². The molecule has 1 fully saturated rings. The molecular formula is C16H22F3N. The van der Waals surface area contributed by atoms with Crippen LogP contribution in [0.2, 0.25) is 0 Å². The summed E-state index contributed by atoms with van der Waals surface area (Å²) >= 11 is 0. The van der Waals surface area contributed by atoms with Crippen molar-refractivity contribution in [3.63, 3.8) is 0 Å². The van der Waals surface area contributed by atoms with Gasteiger partial charge in [0.05, 0.1) is 5.56 Å². The monoisotopic (exact) mass is 285 g/mol.